The SMILES string of the molecule is Cn1ccnc1C(NC(=O)c1cnn(-c2ccc(Br)cc2)c1)c1cccc(F)c1. The molecule has 0 spiro atoms. The molecule has 6 nitrogen and oxygen atoms in total. The summed E-state index contributed by atoms with van der Waals surface area (Å²) in [6.45, 7) is 0. The van der Waals surface area contributed by atoms with Gasteiger partial charge in [-0.2, -0.15) is 5.10 Å². The molecule has 4 aromatic rings. The summed E-state index contributed by atoms with van der Waals surface area (Å²) in [5, 5.41) is 7.22. The lowest BCUT2D eigenvalue weighted by Gasteiger charge is -2.19. The van der Waals surface area contributed by atoms with Crippen molar-refractivity contribution >= 4 is 21.8 Å². The van der Waals surface area contributed by atoms with Crippen molar-refractivity contribution in [2.24, 2.45) is 7.05 Å². The number of hydrogen-bond acceptors (Lipinski definition) is 3. The second-order valence-corrected chi connectivity index (χ2v) is 7.42. The van der Waals surface area contributed by atoms with Crippen molar-refractivity contribution in [3.63, 3.8) is 0 Å². The lowest BCUT2D eigenvalue weighted by atomic mass is 10.1. The van der Waals surface area contributed by atoms with Gasteiger partial charge in [0.15, 0.2) is 0 Å². The number of amides is 1. The summed E-state index contributed by atoms with van der Waals surface area (Å²) in [5.41, 5.74) is 1.83. The summed E-state index contributed by atoms with van der Waals surface area (Å²) in [4.78, 5) is 17.2. The number of hydrogen-bond donors (Lipinski definition) is 1. The molecule has 1 amide bonds. The van der Waals surface area contributed by atoms with Crippen LogP contribution in [0.15, 0.2) is 77.8 Å². The van der Waals surface area contributed by atoms with E-state index < -0.39 is 6.04 Å². The monoisotopic (exact) mass is 453 g/mol. The first-order chi connectivity index (χ1) is 14.0. The molecule has 0 radical (unpaired) electrons. The molecule has 2 aromatic heterocycles. The number of aryl methyl sites for hydroxylation is 1. The van der Waals surface area contributed by atoms with Gasteiger partial charge < -0.3 is 9.88 Å². The maximum Gasteiger partial charge on any atom is 0.255 e. The molecule has 1 N–H and O–H groups in total. The maximum atomic E-state index is 13.8. The predicted octanol–water partition coefficient (Wildman–Crippen LogP) is 4.03. The van der Waals surface area contributed by atoms with E-state index >= 15 is 0 Å². The first-order valence-corrected chi connectivity index (χ1v) is 9.65. The Morgan fingerprint density at radius 2 is 2.00 bits per heavy atom. The Labute approximate surface area is 175 Å². The van der Waals surface area contributed by atoms with Gasteiger partial charge in [0.05, 0.1) is 17.4 Å². The number of imidazole rings is 1. The molecule has 1 unspecified atom stereocenters. The molecule has 8 heteroatoms. The number of carbonyl (C=O) groups excluding carboxylic acids is 1. The van der Waals surface area contributed by atoms with Crippen LogP contribution in [-0.2, 0) is 7.05 Å². The Hall–Kier alpha value is -3.26. The predicted molar refractivity (Wildman–Crippen MR) is 110 cm³/mol. The number of aromatic nitrogens is 4. The molecule has 0 saturated heterocycles. The van der Waals surface area contributed by atoms with Gasteiger partial charge in [-0.3, -0.25) is 4.79 Å². The van der Waals surface area contributed by atoms with Gasteiger partial charge in [-0.05, 0) is 42.0 Å². The molecule has 146 valence electrons. The fourth-order valence-corrected chi connectivity index (χ4v) is 3.29. The topological polar surface area (TPSA) is 64.7 Å². The third-order valence-corrected chi connectivity index (χ3v) is 5.04. The van der Waals surface area contributed by atoms with E-state index in [1.54, 1.807) is 40.0 Å². The molecule has 0 saturated carbocycles. The molecule has 0 aliphatic rings. The zero-order chi connectivity index (χ0) is 20.4. The Balaban J connectivity index is 1.62. The third kappa shape index (κ3) is 4.12. The number of rotatable bonds is 5. The second kappa shape index (κ2) is 8.00. The van der Waals surface area contributed by atoms with E-state index in [1.807, 2.05) is 31.3 Å². The number of carbonyl (C=O) groups is 1. The van der Waals surface area contributed by atoms with E-state index in [-0.39, 0.29) is 11.7 Å². The maximum absolute atomic E-state index is 13.8. The molecule has 0 fully saturated rings. The summed E-state index contributed by atoms with van der Waals surface area (Å²) >= 11 is 3.40. The van der Waals surface area contributed by atoms with E-state index in [2.05, 4.69) is 31.3 Å². The first kappa shape index (κ1) is 19.1. The van der Waals surface area contributed by atoms with E-state index in [0.29, 0.717) is 17.0 Å². The van der Waals surface area contributed by atoms with Crippen LogP contribution in [0.3, 0.4) is 0 Å². The molecule has 0 bridgehead atoms. The first-order valence-electron chi connectivity index (χ1n) is 8.85. The van der Waals surface area contributed by atoms with Gasteiger partial charge in [0.25, 0.3) is 5.91 Å². The minimum absolute atomic E-state index is 0.328. The minimum atomic E-state index is -0.603. The summed E-state index contributed by atoms with van der Waals surface area (Å²) in [6, 6.07) is 13.1. The highest BCUT2D eigenvalue weighted by molar-refractivity contribution is 9.10. The highest BCUT2D eigenvalue weighted by Gasteiger charge is 2.22. The molecule has 0 aliphatic heterocycles. The van der Waals surface area contributed by atoms with Gasteiger partial charge >= 0.3 is 0 Å². The Morgan fingerprint density at radius 3 is 2.69 bits per heavy atom. The van der Waals surface area contributed by atoms with Crippen molar-refractivity contribution in [2.45, 2.75) is 6.04 Å². The fraction of sp³-hybridized carbons (Fsp3) is 0.0952. The standard InChI is InChI=1S/C21H17BrFN5O/c1-27-10-9-24-20(27)19(14-3-2-4-17(23)11-14)26-21(29)15-12-25-28(13-15)18-7-5-16(22)6-8-18/h2-13,19H,1H3,(H,26,29). The summed E-state index contributed by atoms with van der Waals surface area (Å²) in [5.74, 6) is -0.103. The molecular weight excluding hydrogens is 437 g/mol. The lowest BCUT2D eigenvalue weighted by molar-refractivity contribution is 0.0941. The van der Waals surface area contributed by atoms with Gasteiger partial charge in [-0.15, -0.1) is 0 Å². The molecule has 29 heavy (non-hydrogen) atoms. The van der Waals surface area contributed by atoms with Crippen LogP contribution in [0.2, 0.25) is 0 Å². The van der Waals surface area contributed by atoms with Gasteiger partial charge in [0.2, 0.25) is 0 Å². The van der Waals surface area contributed by atoms with Crippen molar-refractivity contribution in [2.75, 3.05) is 0 Å². The molecule has 1 atom stereocenters. The second-order valence-electron chi connectivity index (χ2n) is 6.51. The van der Waals surface area contributed by atoms with Gasteiger partial charge in [0, 0.05) is 30.1 Å². The van der Waals surface area contributed by atoms with Crippen molar-refractivity contribution in [3.8, 4) is 5.69 Å². The minimum Gasteiger partial charge on any atom is -0.338 e. The number of benzene rings is 2. The van der Waals surface area contributed by atoms with Crippen LogP contribution in [0.5, 0.6) is 0 Å². The third-order valence-electron chi connectivity index (χ3n) is 4.51. The normalized spacial score (nSPS) is 12.0. The van der Waals surface area contributed by atoms with Gasteiger partial charge in [-0.25, -0.2) is 14.1 Å². The average Bonchev–Trinajstić information content (AvgIpc) is 3.36. The zero-order valence-corrected chi connectivity index (χ0v) is 17.0. The van der Waals surface area contributed by atoms with E-state index in [4.69, 9.17) is 0 Å². The van der Waals surface area contributed by atoms with E-state index in [9.17, 15) is 9.18 Å². The molecule has 2 aromatic carbocycles. The van der Waals surface area contributed by atoms with E-state index in [1.165, 1.54) is 18.3 Å². The average molecular weight is 454 g/mol. The van der Waals surface area contributed by atoms with Crippen LogP contribution < -0.4 is 5.32 Å². The van der Waals surface area contributed by atoms with Gasteiger partial charge in [0.1, 0.15) is 17.7 Å². The van der Waals surface area contributed by atoms with Gasteiger partial charge in [-0.1, -0.05) is 28.1 Å². The van der Waals surface area contributed by atoms with Crippen molar-refractivity contribution in [1.82, 2.24) is 24.6 Å². The number of nitrogens with zero attached hydrogens (tertiary/aromatic N) is 4. The summed E-state index contributed by atoms with van der Waals surface area (Å²) < 4.78 is 18.2. The largest absolute Gasteiger partial charge is 0.338 e. The molecule has 2 heterocycles. The zero-order valence-electron chi connectivity index (χ0n) is 15.5. The highest BCUT2D eigenvalue weighted by atomic mass is 79.9. The van der Waals surface area contributed by atoms with E-state index in [0.717, 1.165) is 10.2 Å². The number of nitrogens with one attached hydrogen (secondary N) is 1. The Morgan fingerprint density at radius 1 is 1.21 bits per heavy atom. The summed E-state index contributed by atoms with van der Waals surface area (Å²) in [7, 11) is 1.83. The van der Waals surface area contributed by atoms with Crippen LogP contribution in [0.1, 0.15) is 27.8 Å². The van der Waals surface area contributed by atoms with Crippen molar-refractivity contribution in [1.29, 1.82) is 0 Å². The van der Waals surface area contributed by atoms with Crippen molar-refractivity contribution in [3.05, 3.63) is 101 Å². The fourth-order valence-electron chi connectivity index (χ4n) is 3.03. The Bertz CT molecular complexity index is 1150. The van der Waals surface area contributed by atoms with Crippen LogP contribution in [0.25, 0.3) is 5.69 Å². The van der Waals surface area contributed by atoms with Crippen molar-refractivity contribution < 1.29 is 9.18 Å². The summed E-state index contributed by atoms with van der Waals surface area (Å²) in [6.07, 6.45) is 6.57. The smallest absolute Gasteiger partial charge is 0.255 e. The van der Waals surface area contributed by atoms with Crippen LogP contribution in [0.4, 0.5) is 4.39 Å². The van der Waals surface area contributed by atoms with Crippen LogP contribution in [-0.4, -0.2) is 25.2 Å². The molecule has 4 rings (SSSR count). The number of halogens is 2. The Kier molecular flexibility index (Phi) is 5.26. The highest BCUT2D eigenvalue weighted by Crippen LogP contribution is 2.22. The quantitative estimate of drug-likeness (QED) is 0.496. The molecular formula is C21H17BrFN5O. The lowest BCUT2D eigenvalue weighted by Crippen LogP contribution is -2.31. The van der Waals surface area contributed by atoms with Crippen LogP contribution in [0, 0.1) is 5.82 Å². The molecule has 0 aliphatic carbocycles. The van der Waals surface area contributed by atoms with Crippen LogP contribution >= 0.6 is 15.9 Å².